The Labute approximate surface area is 119 Å². The Bertz CT molecular complexity index is 548. The first kappa shape index (κ1) is 14.1. The molecule has 2 aromatic rings. The third-order valence-corrected chi connectivity index (χ3v) is 3.56. The third-order valence-electron chi connectivity index (χ3n) is 3.33. The van der Waals surface area contributed by atoms with Crippen LogP contribution in [-0.4, -0.2) is 9.78 Å². The van der Waals surface area contributed by atoms with Crippen molar-refractivity contribution >= 4 is 11.6 Å². The predicted molar refractivity (Wildman–Crippen MR) is 79.3 cm³/mol. The molecule has 0 aliphatic rings. The predicted octanol–water partition coefficient (Wildman–Crippen LogP) is 3.49. The highest BCUT2D eigenvalue weighted by Gasteiger charge is 2.08. The van der Waals surface area contributed by atoms with Gasteiger partial charge in [0.1, 0.15) is 0 Å². The van der Waals surface area contributed by atoms with Crippen LogP contribution in [0.3, 0.4) is 0 Å². The van der Waals surface area contributed by atoms with Crippen LogP contribution in [0.1, 0.15) is 36.8 Å². The molecule has 0 bridgehead atoms. The highest BCUT2D eigenvalue weighted by molar-refractivity contribution is 6.30. The van der Waals surface area contributed by atoms with Gasteiger partial charge in [-0.2, -0.15) is 5.10 Å². The average Bonchev–Trinajstić information content (AvgIpc) is 2.76. The zero-order chi connectivity index (χ0) is 13.8. The maximum atomic E-state index is 6.01. The van der Waals surface area contributed by atoms with E-state index in [9.17, 15) is 0 Å². The fraction of sp³-hybridized carbons (Fsp3) is 0.400. The van der Waals surface area contributed by atoms with Gasteiger partial charge < -0.3 is 5.32 Å². The molecule has 102 valence electrons. The molecule has 1 heterocycles. The molecule has 2 rings (SSSR count). The van der Waals surface area contributed by atoms with Crippen LogP contribution in [0.2, 0.25) is 5.02 Å². The fourth-order valence-electron chi connectivity index (χ4n) is 2.06. The zero-order valence-electron chi connectivity index (χ0n) is 11.7. The van der Waals surface area contributed by atoms with Crippen LogP contribution in [0.4, 0.5) is 0 Å². The van der Waals surface area contributed by atoms with Crippen molar-refractivity contribution in [1.29, 1.82) is 0 Å². The van der Waals surface area contributed by atoms with E-state index in [1.807, 2.05) is 29.9 Å². The molecule has 0 radical (unpaired) electrons. The molecule has 0 saturated heterocycles. The first-order valence-corrected chi connectivity index (χ1v) is 6.98. The summed E-state index contributed by atoms with van der Waals surface area (Å²) in [5.41, 5.74) is 3.53. The van der Waals surface area contributed by atoms with Gasteiger partial charge in [0.2, 0.25) is 0 Å². The number of aromatic nitrogens is 2. The van der Waals surface area contributed by atoms with Gasteiger partial charge in [-0.05, 0) is 37.1 Å². The number of nitrogens with one attached hydrogen (secondary N) is 1. The van der Waals surface area contributed by atoms with Crippen LogP contribution in [0.5, 0.6) is 0 Å². The van der Waals surface area contributed by atoms with E-state index in [1.54, 1.807) is 0 Å². The lowest BCUT2D eigenvalue weighted by Crippen LogP contribution is -2.19. The summed E-state index contributed by atoms with van der Waals surface area (Å²) in [4.78, 5) is 0. The number of hydrogen-bond acceptors (Lipinski definition) is 2. The van der Waals surface area contributed by atoms with Gasteiger partial charge in [-0.3, -0.25) is 4.68 Å². The largest absolute Gasteiger partial charge is 0.305 e. The van der Waals surface area contributed by atoms with Crippen molar-refractivity contribution in [2.45, 2.75) is 32.9 Å². The molecule has 0 amide bonds. The third kappa shape index (κ3) is 3.58. The highest BCUT2D eigenvalue weighted by atomic mass is 35.5. The van der Waals surface area contributed by atoms with E-state index in [1.165, 1.54) is 11.3 Å². The Morgan fingerprint density at radius 1 is 1.37 bits per heavy atom. The lowest BCUT2D eigenvalue weighted by molar-refractivity contribution is 0.548. The lowest BCUT2D eigenvalue weighted by Gasteiger charge is -2.14. The molecule has 1 aromatic carbocycles. The summed E-state index contributed by atoms with van der Waals surface area (Å²) in [6, 6.07) is 10.4. The summed E-state index contributed by atoms with van der Waals surface area (Å²) in [7, 11) is 1.99. The zero-order valence-corrected chi connectivity index (χ0v) is 12.4. The number of nitrogens with zero attached hydrogens (tertiary/aromatic N) is 2. The van der Waals surface area contributed by atoms with Gasteiger partial charge in [-0.1, -0.05) is 30.7 Å². The average molecular weight is 278 g/mol. The van der Waals surface area contributed by atoms with E-state index in [4.69, 9.17) is 11.6 Å². The summed E-state index contributed by atoms with van der Waals surface area (Å²) in [5.74, 6) is 0. The van der Waals surface area contributed by atoms with Crippen LogP contribution in [-0.2, 0) is 20.0 Å². The number of rotatable bonds is 5. The van der Waals surface area contributed by atoms with E-state index in [0.29, 0.717) is 0 Å². The summed E-state index contributed by atoms with van der Waals surface area (Å²) >= 11 is 6.01. The van der Waals surface area contributed by atoms with Crippen LogP contribution in [0, 0.1) is 0 Å². The van der Waals surface area contributed by atoms with Gasteiger partial charge in [0, 0.05) is 24.7 Å². The van der Waals surface area contributed by atoms with Crippen molar-refractivity contribution in [3.8, 4) is 0 Å². The Hall–Kier alpha value is -1.32. The van der Waals surface area contributed by atoms with Crippen molar-refractivity contribution in [2.75, 3.05) is 0 Å². The monoisotopic (exact) mass is 277 g/mol. The second-order valence-corrected chi connectivity index (χ2v) is 5.20. The number of hydrogen-bond donors (Lipinski definition) is 1. The molecule has 0 spiro atoms. The van der Waals surface area contributed by atoms with Crippen molar-refractivity contribution in [3.05, 3.63) is 52.3 Å². The second kappa shape index (κ2) is 6.22. The van der Waals surface area contributed by atoms with Crippen LogP contribution < -0.4 is 5.32 Å². The van der Waals surface area contributed by atoms with Crippen LogP contribution in [0.15, 0.2) is 30.3 Å². The molecule has 0 fully saturated rings. The molecule has 1 unspecified atom stereocenters. The smallest absolute Gasteiger partial charge is 0.0625 e. The Kier molecular flexibility index (Phi) is 4.61. The van der Waals surface area contributed by atoms with Crippen molar-refractivity contribution < 1.29 is 0 Å². The van der Waals surface area contributed by atoms with Crippen LogP contribution >= 0.6 is 11.6 Å². The van der Waals surface area contributed by atoms with E-state index >= 15 is 0 Å². The molecule has 0 aliphatic carbocycles. The Morgan fingerprint density at radius 3 is 2.79 bits per heavy atom. The molecule has 3 nitrogen and oxygen atoms in total. The SMILES string of the molecule is CCc1cc(CNC(C)c2cccc(Cl)c2)n(C)n1. The number of halogens is 1. The summed E-state index contributed by atoms with van der Waals surface area (Å²) in [6.07, 6.45) is 0.970. The number of benzene rings is 1. The summed E-state index contributed by atoms with van der Waals surface area (Å²) in [6.45, 7) is 5.06. The van der Waals surface area contributed by atoms with Crippen molar-refractivity contribution in [3.63, 3.8) is 0 Å². The molecular weight excluding hydrogens is 258 g/mol. The maximum absolute atomic E-state index is 6.01. The van der Waals surface area contributed by atoms with Gasteiger partial charge in [0.25, 0.3) is 0 Å². The van der Waals surface area contributed by atoms with Gasteiger partial charge in [-0.15, -0.1) is 0 Å². The molecule has 0 saturated carbocycles. The second-order valence-electron chi connectivity index (χ2n) is 4.76. The Balaban J connectivity index is 2.00. The van der Waals surface area contributed by atoms with E-state index in [-0.39, 0.29) is 6.04 Å². The van der Waals surface area contributed by atoms with Crippen molar-refractivity contribution in [2.24, 2.45) is 7.05 Å². The molecule has 19 heavy (non-hydrogen) atoms. The molecule has 1 aromatic heterocycles. The topological polar surface area (TPSA) is 29.9 Å². The molecular formula is C15H20ClN3. The minimum absolute atomic E-state index is 0.263. The first-order chi connectivity index (χ1) is 9.10. The first-order valence-electron chi connectivity index (χ1n) is 6.60. The Morgan fingerprint density at radius 2 is 2.16 bits per heavy atom. The standard InChI is InChI=1S/C15H20ClN3/c1-4-14-9-15(19(3)18-14)10-17-11(2)12-6-5-7-13(16)8-12/h5-9,11,17H,4,10H2,1-3H3. The minimum atomic E-state index is 0.263. The maximum Gasteiger partial charge on any atom is 0.0625 e. The van der Waals surface area contributed by atoms with Crippen molar-refractivity contribution in [1.82, 2.24) is 15.1 Å². The summed E-state index contributed by atoms with van der Waals surface area (Å²) < 4.78 is 1.94. The lowest BCUT2D eigenvalue weighted by atomic mass is 10.1. The van der Waals surface area contributed by atoms with E-state index < -0.39 is 0 Å². The minimum Gasteiger partial charge on any atom is -0.305 e. The van der Waals surface area contributed by atoms with Gasteiger partial charge in [-0.25, -0.2) is 0 Å². The quantitative estimate of drug-likeness (QED) is 0.907. The van der Waals surface area contributed by atoms with Gasteiger partial charge >= 0.3 is 0 Å². The number of aryl methyl sites for hydroxylation is 2. The van der Waals surface area contributed by atoms with E-state index in [2.05, 4.69) is 36.4 Å². The molecule has 1 atom stereocenters. The highest BCUT2D eigenvalue weighted by Crippen LogP contribution is 2.17. The van der Waals surface area contributed by atoms with Gasteiger partial charge in [0.15, 0.2) is 0 Å². The fourth-order valence-corrected chi connectivity index (χ4v) is 2.26. The normalized spacial score (nSPS) is 12.6. The van der Waals surface area contributed by atoms with E-state index in [0.717, 1.165) is 23.7 Å². The van der Waals surface area contributed by atoms with Crippen LogP contribution in [0.25, 0.3) is 0 Å². The van der Waals surface area contributed by atoms with Gasteiger partial charge in [0.05, 0.1) is 11.4 Å². The molecule has 4 heteroatoms. The summed E-state index contributed by atoms with van der Waals surface area (Å²) in [5, 5.41) is 8.73. The molecule has 0 aliphatic heterocycles. The molecule has 1 N–H and O–H groups in total.